The minimum Gasteiger partial charge on any atom is -0.206 e. The van der Waals surface area contributed by atoms with Crippen LogP contribution in [0, 0.1) is 65.3 Å². The van der Waals surface area contributed by atoms with Crippen molar-refractivity contribution >= 4 is 22.4 Å². The molecule has 0 N–H and O–H groups in total. The van der Waals surface area contributed by atoms with Crippen LogP contribution in [-0.2, 0) is 0 Å². The van der Waals surface area contributed by atoms with Crippen LogP contribution in [0.1, 0.15) is 22.3 Å². The first kappa shape index (κ1) is 33.1. The van der Waals surface area contributed by atoms with Gasteiger partial charge in [-0.3, -0.25) is 0 Å². The summed E-state index contributed by atoms with van der Waals surface area (Å²) in [6, 6.07) is 6.53. The Labute approximate surface area is 256 Å². The summed E-state index contributed by atoms with van der Waals surface area (Å²) in [5.41, 5.74) is -6.12. The van der Waals surface area contributed by atoms with Gasteiger partial charge in [-0.1, -0.05) is 18.1 Å². The zero-order valence-electron chi connectivity index (χ0n) is 23.2. The molecule has 0 saturated carbocycles. The van der Waals surface area contributed by atoms with E-state index in [1.807, 2.05) is 0 Å². The van der Waals surface area contributed by atoms with E-state index in [1.54, 1.807) is 6.92 Å². The number of halogens is 13. The van der Waals surface area contributed by atoms with E-state index >= 15 is 17.6 Å². The highest BCUT2D eigenvalue weighted by molar-refractivity contribution is 5.91. The number of hydrogen-bond donors (Lipinski definition) is 0. The standard InChI is InChI=1S/C34H13F13/c1-14-2-3-19(21(35)6-14)15-8-26(40)30(27(41)9-15)33(44)31(42)18-12-23(37)28(24(38)13-18)16-7-17-10-22(36)20(4-5-34(45,46)47)32(43)29(17)25(39)11-16/h2-3,6-13H,1H3/b33-31+. The predicted octanol–water partition coefficient (Wildman–Crippen LogP) is 11.3. The van der Waals surface area contributed by atoms with Gasteiger partial charge >= 0.3 is 6.18 Å². The van der Waals surface area contributed by atoms with Crippen LogP contribution < -0.4 is 0 Å². The quantitative estimate of drug-likeness (QED) is 0.102. The highest BCUT2D eigenvalue weighted by atomic mass is 19.4. The lowest BCUT2D eigenvalue weighted by molar-refractivity contribution is -0.0696. The maximum atomic E-state index is 15.1. The number of aryl methyl sites for hydroxylation is 1. The fraction of sp³-hybridized carbons (Fsp3) is 0.0588. The van der Waals surface area contributed by atoms with E-state index in [-0.39, 0.29) is 23.3 Å². The Hall–Kier alpha value is -5.25. The van der Waals surface area contributed by atoms with Crippen LogP contribution >= 0.6 is 0 Å². The van der Waals surface area contributed by atoms with Gasteiger partial charge in [-0.25, -0.2) is 43.9 Å². The first-order valence-electron chi connectivity index (χ1n) is 13.0. The molecule has 0 nitrogen and oxygen atoms in total. The van der Waals surface area contributed by atoms with Crippen LogP contribution in [0.3, 0.4) is 0 Å². The molecule has 13 heteroatoms. The van der Waals surface area contributed by atoms with Crippen molar-refractivity contribution in [3.63, 3.8) is 0 Å². The number of rotatable bonds is 4. The molecular formula is C34H13F13. The molecule has 47 heavy (non-hydrogen) atoms. The Balaban J connectivity index is 1.56. The van der Waals surface area contributed by atoms with Gasteiger partial charge in [0.05, 0.1) is 22.1 Å². The summed E-state index contributed by atoms with van der Waals surface area (Å²) >= 11 is 0. The highest BCUT2D eigenvalue weighted by Crippen LogP contribution is 2.38. The highest BCUT2D eigenvalue weighted by Gasteiger charge is 2.26. The number of fused-ring (bicyclic) bond motifs is 1. The molecule has 0 bridgehead atoms. The number of hydrogen-bond acceptors (Lipinski definition) is 0. The second-order valence-electron chi connectivity index (χ2n) is 10.1. The summed E-state index contributed by atoms with van der Waals surface area (Å²) in [6.45, 7) is 1.56. The van der Waals surface area contributed by atoms with Crippen molar-refractivity contribution in [2.45, 2.75) is 13.1 Å². The smallest absolute Gasteiger partial charge is 0.206 e. The molecule has 0 fully saturated rings. The van der Waals surface area contributed by atoms with E-state index in [0.29, 0.717) is 41.8 Å². The fourth-order valence-electron chi connectivity index (χ4n) is 4.81. The SMILES string of the molecule is Cc1ccc(-c2cc(F)c(/C(F)=C(\F)c3cc(F)c(-c4cc(F)c5c(F)c(C#CC(F)(F)F)c(F)cc5c4)c(F)c3)c(F)c2)c(F)c1. The molecule has 0 aromatic heterocycles. The molecule has 240 valence electrons. The Bertz CT molecular complexity index is 2150. The lowest BCUT2D eigenvalue weighted by atomic mass is 9.96. The van der Waals surface area contributed by atoms with Gasteiger partial charge in [0.25, 0.3) is 0 Å². The van der Waals surface area contributed by atoms with Gasteiger partial charge in [-0.05, 0) is 77.5 Å². The molecule has 0 unspecified atom stereocenters. The molecule has 0 spiro atoms. The van der Waals surface area contributed by atoms with Gasteiger partial charge in [0.1, 0.15) is 40.7 Å². The molecule has 0 atom stereocenters. The van der Waals surface area contributed by atoms with Gasteiger partial charge in [-0.15, -0.1) is 0 Å². The van der Waals surface area contributed by atoms with E-state index in [9.17, 15) is 39.5 Å². The van der Waals surface area contributed by atoms with E-state index < -0.39 is 103 Å². The van der Waals surface area contributed by atoms with Crippen LogP contribution in [0.5, 0.6) is 0 Å². The minimum absolute atomic E-state index is 0.193. The molecule has 5 aromatic carbocycles. The zero-order valence-corrected chi connectivity index (χ0v) is 23.2. The van der Waals surface area contributed by atoms with E-state index in [1.165, 1.54) is 18.1 Å². The normalized spacial score (nSPS) is 12.2. The molecule has 0 radical (unpaired) electrons. The maximum Gasteiger partial charge on any atom is 0.458 e. The van der Waals surface area contributed by atoms with Crippen molar-refractivity contribution in [1.29, 1.82) is 0 Å². The van der Waals surface area contributed by atoms with Gasteiger partial charge in [-0.2, -0.15) is 13.2 Å². The van der Waals surface area contributed by atoms with Crippen LogP contribution in [0.2, 0.25) is 0 Å². The third-order valence-corrected chi connectivity index (χ3v) is 6.88. The number of benzene rings is 5. The minimum atomic E-state index is -5.13. The van der Waals surface area contributed by atoms with Crippen LogP contribution in [-0.4, -0.2) is 6.18 Å². The second-order valence-corrected chi connectivity index (χ2v) is 10.1. The molecule has 5 rings (SSSR count). The molecule has 0 aliphatic rings. The van der Waals surface area contributed by atoms with Gasteiger partial charge in [0.15, 0.2) is 17.5 Å². The Morgan fingerprint density at radius 2 is 1.19 bits per heavy atom. The van der Waals surface area contributed by atoms with Crippen LogP contribution in [0.15, 0.2) is 60.7 Å². The molecule has 0 aliphatic heterocycles. The lowest BCUT2D eigenvalue weighted by Gasteiger charge is -2.12. The average Bonchev–Trinajstić information content (AvgIpc) is 2.94. The van der Waals surface area contributed by atoms with E-state index in [2.05, 4.69) is 0 Å². The maximum absolute atomic E-state index is 15.1. The average molecular weight is 668 g/mol. The van der Waals surface area contributed by atoms with Crippen molar-refractivity contribution in [3.8, 4) is 34.1 Å². The van der Waals surface area contributed by atoms with Gasteiger partial charge in [0, 0.05) is 17.0 Å². The Morgan fingerprint density at radius 3 is 1.77 bits per heavy atom. The van der Waals surface area contributed by atoms with Crippen molar-refractivity contribution in [2.24, 2.45) is 0 Å². The fourth-order valence-corrected chi connectivity index (χ4v) is 4.81. The monoisotopic (exact) mass is 668 g/mol. The van der Waals surface area contributed by atoms with Crippen molar-refractivity contribution < 1.29 is 57.1 Å². The van der Waals surface area contributed by atoms with Crippen LogP contribution in [0.4, 0.5) is 57.1 Å². The molecule has 5 aromatic rings. The Morgan fingerprint density at radius 1 is 0.596 bits per heavy atom. The summed E-state index contributed by atoms with van der Waals surface area (Å²) < 4.78 is 186. The molecular weight excluding hydrogens is 655 g/mol. The van der Waals surface area contributed by atoms with Gasteiger partial charge in [0.2, 0.25) is 0 Å². The van der Waals surface area contributed by atoms with Crippen molar-refractivity contribution in [1.82, 2.24) is 0 Å². The predicted molar refractivity (Wildman–Crippen MR) is 148 cm³/mol. The van der Waals surface area contributed by atoms with Crippen molar-refractivity contribution in [2.75, 3.05) is 0 Å². The Kier molecular flexibility index (Phi) is 8.57. The first-order valence-corrected chi connectivity index (χ1v) is 13.0. The summed E-state index contributed by atoms with van der Waals surface area (Å²) in [5.74, 6) is -15.1. The van der Waals surface area contributed by atoms with E-state index in [0.717, 1.165) is 6.07 Å². The number of alkyl halides is 3. The molecule has 0 amide bonds. The summed E-state index contributed by atoms with van der Waals surface area (Å²) in [7, 11) is 0. The van der Waals surface area contributed by atoms with Crippen molar-refractivity contribution in [3.05, 3.63) is 129 Å². The third-order valence-electron chi connectivity index (χ3n) is 6.88. The largest absolute Gasteiger partial charge is 0.458 e. The zero-order chi connectivity index (χ0) is 34.5. The summed E-state index contributed by atoms with van der Waals surface area (Å²) in [5, 5.41) is -1.75. The summed E-state index contributed by atoms with van der Waals surface area (Å²) in [4.78, 5) is 0. The van der Waals surface area contributed by atoms with Crippen LogP contribution in [0.25, 0.3) is 44.7 Å². The first-order chi connectivity index (χ1) is 22.0. The second kappa shape index (κ2) is 12.2. The third kappa shape index (κ3) is 6.40. The molecule has 0 aliphatic carbocycles. The van der Waals surface area contributed by atoms with Gasteiger partial charge < -0.3 is 0 Å². The molecule has 0 saturated heterocycles. The lowest BCUT2D eigenvalue weighted by Crippen LogP contribution is -2.03. The molecule has 0 heterocycles. The topological polar surface area (TPSA) is 0 Å². The summed E-state index contributed by atoms with van der Waals surface area (Å²) in [6.07, 6.45) is -5.13. The van der Waals surface area contributed by atoms with E-state index in [4.69, 9.17) is 0 Å².